The highest BCUT2D eigenvalue weighted by molar-refractivity contribution is 5.95. The Kier molecular flexibility index (Phi) is 3.67. The molecule has 0 aromatic heterocycles. The van der Waals surface area contributed by atoms with Crippen LogP contribution in [0.25, 0.3) is 0 Å². The van der Waals surface area contributed by atoms with Crippen LogP contribution in [-0.2, 0) is 4.79 Å². The normalized spacial score (nSPS) is 34.5. The third-order valence-corrected chi connectivity index (χ3v) is 3.69. The second-order valence-electron chi connectivity index (χ2n) is 5.68. The smallest absolute Gasteiger partial charge is 0.160 e. The minimum Gasteiger partial charge on any atom is -0.377 e. The third kappa shape index (κ3) is 2.87. The van der Waals surface area contributed by atoms with E-state index in [1.54, 1.807) is 0 Å². The molecule has 2 nitrogen and oxygen atoms in total. The number of carbonyl (C=O) groups is 1. The van der Waals surface area contributed by atoms with Gasteiger partial charge in [-0.1, -0.05) is 13.8 Å². The minimum absolute atomic E-state index is 0.386. The molecule has 0 amide bonds. The Hall–Kier alpha value is -0.790. The molecule has 0 aromatic rings. The van der Waals surface area contributed by atoms with Gasteiger partial charge in [0.2, 0.25) is 0 Å². The Morgan fingerprint density at radius 2 is 1.75 bits per heavy atom. The molecule has 1 aliphatic heterocycles. The molecule has 0 spiro atoms. The number of likely N-dealkylation sites (tertiary alicyclic amines) is 1. The molecule has 0 N–H and O–H groups in total. The van der Waals surface area contributed by atoms with Gasteiger partial charge < -0.3 is 4.90 Å². The molecule has 16 heavy (non-hydrogen) atoms. The van der Waals surface area contributed by atoms with Crippen LogP contribution >= 0.6 is 0 Å². The maximum atomic E-state index is 11.7. The summed E-state index contributed by atoms with van der Waals surface area (Å²) in [6.45, 7) is 6.87. The quantitative estimate of drug-likeness (QED) is 0.634. The summed E-state index contributed by atoms with van der Waals surface area (Å²) in [5.41, 5.74) is 1.08. The summed E-state index contributed by atoms with van der Waals surface area (Å²) in [4.78, 5) is 14.1. The van der Waals surface area contributed by atoms with Crippen molar-refractivity contribution in [3.63, 3.8) is 0 Å². The standard InChI is InChI=1S/C14H23NO/c1-11-7-12(2)9-15(8-11)10-13-5-3-4-6-14(13)16/h10-12H,3-9H2,1-2H3/b13-10+/t11-,12-/m0/s1. The van der Waals surface area contributed by atoms with Crippen LogP contribution in [0.5, 0.6) is 0 Å². The van der Waals surface area contributed by atoms with Crippen LogP contribution in [0.1, 0.15) is 46.0 Å². The summed E-state index contributed by atoms with van der Waals surface area (Å²) in [6, 6.07) is 0. The highest BCUT2D eigenvalue weighted by Gasteiger charge is 2.22. The fourth-order valence-corrected chi connectivity index (χ4v) is 3.07. The first-order valence-electron chi connectivity index (χ1n) is 6.63. The van der Waals surface area contributed by atoms with Gasteiger partial charge in [-0.2, -0.15) is 0 Å². The van der Waals surface area contributed by atoms with E-state index in [2.05, 4.69) is 24.9 Å². The number of ketones is 1. The van der Waals surface area contributed by atoms with Gasteiger partial charge in [0, 0.05) is 31.3 Å². The Bertz CT molecular complexity index is 285. The molecular formula is C14H23NO. The highest BCUT2D eigenvalue weighted by Crippen LogP contribution is 2.24. The first kappa shape index (κ1) is 11.7. The first-order chi connectivity index (χ1) is 7.65. The van der Waals surface area contributed by atoms with Gasteiger partial charge in [-0.25, -0.2) is 0 Å². The fraction of sp³-hybridized carbons (Fsp3) is 0.786. The molecule has 1 saturated heterocycles. The van der Waals surface area contributed by atoms with Crippen LogP contribution in [0.15, 0.2) is 11.8 Å². The van der Waals surface area contributed by atoms with E-state index in [-0.39, 0.29) is 0 Å². The van der Waals surface area contributed by atoms with E-state index < -0.39 is 0 Å². The second-order valence-corrected chi connectivity index (χ2v) is 5.68. The molecule has 1 heterocycles. The van der Waals surface area contributed by atoms with Gasteiger partial charge >= 0.3 is 0 Å². The van der Waals surface area contributed by atoms with E-state index in [0.29, 0.717) is 5.78 Å². The minimum atomic E-state index is 0.386. The SMILES string of the molecule is C[C@H]1C[C@H](C)CN(/C=C2\CCCCC2=O)C1. The Balaban J connectivity index is 2.01. The summed E-state index contributed by atoms with van der Waals surface area (Å²) in [7, 11) is 0. The number of allylic oxidation sites excluding steroid dienone is 1. The predicted octanol–water partition coefficient (Wildman–Crippen LogP) is 2.99. The lowest BCUT2D eigenvalue weighted by Gasteiger charge is -2.35. The van der Waals surface area contributed by atoms with E-state index in [9.17, 15) is 4.79 Å². The molecule has 2 heteroatoms. The zero-order valence-corrected chi connectivity index (χ0v) is 10.5. The fourth-order valence-electron chi connectivity index (χ4n) is 3.07. The maximum Gasteiger partial charge on any atom is 0.160 e. The molecule has 1 aliphatic carbocycles. The van der Waals surface area contributed by atoms with Crippen LogP contribution in [0, 0.1) is 11.8 Å². The molecule has 1 saturated carbocycles. The molecule has 0 aromatic carbocycles. The lowest BCUT2D eigenvalue weighted by atomic mass is 9.90. The van der Waals surface area contributed by atoms with Crippen molar-refractivity contribution in [1.29, 1.82) is 0 Å². The average molecular weight is 221 g/mol. The van der Waals surface area contributed by atoms with E-state index >= 15 is 0 Å². The molecule has 0 radical (unpaired) electrons. The van der Waals surface area contributed by atoms with Crippen molar-refractivity contribution in [3.05, 3.63) is 11.8 Å². The summed E-state index contributed by atoms with van der Waals surface area (Å²) in [5, 5.41) is 0. The van der Waals surface area contributed by atoms with Crippen molar-refractivity contribution in [2.24, 2.45) is 11.8 Å². The van der Waals surface area contributed by atoms with Crippen molar-refractivity contribution in [1.82, 2.24) is 4.90 Å². The van der Waals surface area contributed by atoms with E-state index in [0.717, 1.165) is 49.8 Å². The second kappa shape index (κ2) is 5.03. The van der Waals surface area contributed by atoms with Gasteiger partial charge in [-0.05, 0) is 37.5 Å². The van der Waals surface area contributed by atoms with Crippen LogP contribution in [0.3, 0.4) is 0 Å². The zero-order valence-electron chi connectivity index (χ0n) is 10.5. The molecule has 2 atom stereocenters. The molecule has 0 bridgehead atoms. The lowest BCUT2D eigenvalue weighted by molar-refractivity contribution is -0.116. The summed E-state index contributed by atoms with van der Waals surface area (Å²) >= 11 is 0. The molecule has 2 rings (SSSR count). The number of piperidine rings is 1. The number of nitrogens with zero attached hydrogens (tertiary/aromatic N) is 1. The molecular weight excluding hydrogens is 198 g/mol. The highest BCUT2D eigenvalue weighted by atomic mass is 16.1. The van der Waals surface area contributed by atoms with Gasteiger partial charge in [0.25, 0.3) is 0 Å². The average Bonchev–Trinajstić information content (AvgIpc) is 2.20. The van der Waals surface area contributed by atoms with Gasteiger partial charge in [0.1, 0.15) is 0 Å². The van der Waals surface area contributed by atoms with Gasteiger partial charge in [0.05, 0.1) is 0 Å². The summed E-state index contributed by atoms with van der Waals surface area (Å²) < 4.78 is 0. The van der Waals surface area contributed by atoms with E-state index in [1.165, 1.54) is 12.8 Å². The van der Waals surface area contributed by atoms with Gasteiger partial charge in [0.15, 0.2) is 5.78 Å². The van der Waals surface area contributed by atoms with Crippen LogP contribution in [-0.4, -0.2) is 23.8 Å². The van der Waals surface area contributed by atoms with Crippen LogP contribution in [0.4, 0.5) is 0 Å². The first-order valence-corrected chi connectivity index (χ1v) is 6.63. The number of hydrogen-bond acceptors (Lipinski definition) is 2. The van der Waals surface area contributed by atoms with Crippen molar-refractivity contribution >= 4 is 5.78 Å². The van der Waals surface area contributed by atoms with E-state index in [1.807, 2.05) is 0 Å². The summed E-state index contributed by atoms with van der Waals surface area (Å²) in [6.07, 6.45) is 7.53. The number of carbonyl (C=O) groups excluding carboxylic acids is 1. The van der Waals surface area contributed by atoms with Gasteiger partial charge in [-0.3, -0.25) is 4.79 Å². The zero-order chi connectivity index (χ0) is 11.5. The van der Waals surface area contributed by atoms with Crippen molar-refractivity contribution < 1.29 is 4.79 Å². The molecule has 0 unspecified atom stereocenters. The topological polar surface area (TPSA) is 20.3 Å². The predicted molar refractivity (Wildman–Crippen MR) is 66.1 cm³/mol. The van der Waals surface area contributed by atoms with Crippen LogP contribution in [0.2, 0.25) is 0 Å². The van der Waals surface area contributed by atoms with Crippen molar-refractivity contribution in [3.8, 4) is 0 Å². The Morgan fingerprint density at radius 1 is 1.12 bits per heavy atom. The molecule has 90 valence electrons. The maximum absolute atomic E-state index is 11.7. The lowest BCUT2D eigenvalue weighted by Crippen LogP contribution is -2.35. The molecule has 2 fully saturated rings. The monoisotopic (exact) mass is 221 g/mol. The molecule has 2 aliphatic rings. The van der Waals surface area contributed by atoms with Crippen molar-refractivity contribution in [2.45, 2.75) is 46.0 Å². The van der Waals surface area contributed by atoms with Crippen LogP contribution < -0.4 is 0 Å². The van der Waals surface area contributed by atoms with E-state index in [4.69, 9.17) is 0 Å². The third-order valence-electron chi connectivity index (χ3n) is 3.69. The van der Waals surface area contributed by atoms with Crippen molar-refractivity contribution in [2.75, 3.05) is 13.1 Å². The largest absolute Gasteiger partial charge is 0.377 e. The number of Topliss-reactive ketones (excluding diaryl/α,β-unsaturated/α-hetero) is 1. The number of hydrogen-bond donors (Lipinski definition) is 0. The number of rotatable bonds is 1. The van der Waals surface area contributed by atoms with Gasteiger partial charge in [-0.15, -0.1) is 0 Å². The summed E-state index contributed by atoms with van der Waals surface area (Å²) in [5.74, 6) is 1.91. The Morgan fingerprint density at radius 3 is 2.38 bits per heavy atom. The Labute approximate surface area is 98.7 Å².